The van der Waals surface area contributed by atoms with Gasteiger partial charge in [-0.15, -0.1) is 0 Å². The van der Waals surface area contributed by atoms with Gasteiger partial charge in [-0.2, -0.15) is 0 Å². The van der Waals surface area contributed by atoms with E-state index in [4.69, 9.17) is 0 Å². The summed E-state index contributed by atoms with van der Waals surface area (Å²) in [6, 6.07) is 7.72. The monoisotopic (exact) mass is 248 g/mol. The lowest BCUT2D eigenvalue weighted by molar-refractivity contribution is -0.146. The number of nitrogens with one attached hydrogen (secondary N) is 1. The van der Waals surface area contributed by atoms with Crippen LogP contribution in [0.2, 0.25) is 0 Å². The molecule has 1 N–H and O–H groups in total. The summed E-state index contributed by atoms with van der Waals surface area (Å²) in [5.74, 6) is -0.709. The first-order valence-electron chi connectivity index (χ1n) is 5.78. The molecule has 0 saturated heterocycles. The number of nitrogens with zero attached hydrogens (tertiary/aromatic N) is 1. The van der Waals surface area contributed by atoms with Crippen LogP contribution in [0.4, 0.5) is 5.69 Å². The highest BCUT2D eigenvalue weighted by Crippen LogP contribution is 2.31. The maximum absolute atomic E-state index is 12.2. The fourth-order valence-electron chi connectivity index (χ4n) is 2.11. The third kappa shape index (κ3) is 2.30. The van der Waals surface area contributed by atoms with Gasteiger partial charge in [-0.1, -0.05) is 18.2 Å². The molecule has 0 radical (unpaired) electrons. The highest BCUT2D eigenvalue weighted by Gasteiger charge is 2.30. The number of benzene rings is 1. The standard InChI is InChI=1S/C13H16N2O3/c1-15(8-12(16)18-2)13(17)10-7-14-11-6-4-3-5-9(10)11/h3-6,10,14H,7-8H2,1-2H3. The van der Waals surface area contributed by atoms with Gasteiger partial charge in [-0.25, -0.2) is 0 Å². The van der Waals surface area contributed by atoms with Gasteiger partial charge in [0.1, 0.15) is 6.54 Å². The Hall–Kier alpha value is -2.04. The van der Waals surface area contributed by atoms with Crippen LogP contribution in [-0.2, 0) is 14.3 Å². The van der Waals surface area contributed by atoms with E-state index in [1.165, 1.54) is 12.0 Å². The van der Waals surface area contributed by atoms with E-state index in [-0.39, 0.29) is 18.4 Å². The van der Waals surface area contributed by atoms with Crippen LogP contribution in [-0.4, -0.2) is 44.0 Å². The molecule has 1 unspecified atom stereocenters. The van der Waals surface area contributed by atoms with Crippen molar-refractivity contribution in [3.63, 3.8) is 0 Å². The smallest absolute Gasteiger partial charge is 0.325 e. The predicted octanol–water partition coefficient (Wildman–Crippen LogP) is 0.827. The molecule has 0 bridgehead atoms. The third-order valence-electron chi connectivity index (χ3n) is 3.10. The van der Waals surface area contributed by atoms with E-state index in [0.717, 1.165) is 11.3 Å². The Labute approximate surface area is 106 Å². The normalized spacial score (nSPS) is 16.7. The molecule has 5 nitrogen and oxygen atoms in total. The van der Waals surface area contributed by atoms with Crippen LogP contribution in [0.5, 0.6) is 0 Å². The zero-order valence-corrected chi connectivity index (χ0v) is 10.5. The number of carbonyl (C=O) groups excluding carboxylic acids is 2. The van der Waals surface area contributed by atoms with Crippen LogP contribution in [0, 0.1) is 0 Å². The number of para-hydroxylation sites is 1. The molecule has 0 aromatic heterocycles. The Bertz CT molecular complexity index is 473. The van der Waals surface area contributed by atoms with Crippen LogP contribution in [0.25, 0.3) is 0 Å². The Kier molecular flexibility index (Phi) is 3.50. The van der Waals surface area contributed by atoms with Crippen molar-refractivity contribution >= 4 is 17.6 Å². The molecule has 0 spiro atoms. The molecule has 1 aromatic rings. The number of ether oxygens (including phenoxy) is 1. The molecule has 1 aromatic carbocycles. The summed E-state index contributed by atoms with van der Waals surface area (Å²) in [6.45, 7) is 0.553. The molecule has 18 heavy (non-hydrogen) atoms. The van der Waals surface area contributed by atoms with Crippen LogP contribution >= 0.6 is 0 Å². The number of methoxy groups -OCH3 is 1. The zero-order valence-electron chi connectivity index (χ0n) is 10.5. The summed E-state index contributed by atoms with van der Waals surface area (Å²) in [6.07, 6.45) is 0. The Morgan fingerprint density at radius 3 is 2.89 bits per heavy atom. The minimum Gasteiger partial charge on any atom is -0.468 e. The largest absolute Gasteiger partial charge is 0.468 e. The first kappa shape index (κ1) is 12.4. The van der Waals surface area contributed by atoms with E-state index in [9.17, 15) is 9.59 Å². The molecular formula is C13H16N2O3. The molecule has 1 aliphatic heterocycles. The molecule has 1 aliphatic rings. The maximum Gasteiger partial charge on any atom is 0.325 e. The second kappa shape index (κ2) is 5.08. The van der Waals surface area contributed by atoms with E-state index in [2.05, 4.69) is 10.1 Å². The van der Waals surface area contributed by atoms with Crippen molar-refractivity contribution in [3.05, 3.63) is 29.8 Å². The number of amides is 1. The first-order valence-corrected chi connectivity index (χ1v) is 5.78. The number of esters is 1. The first-order chi connectivity index (χ1) is 8.63. The van der Waals surface area contributed by atoms with E-state index in [1.54, 1.807) is 7.05 Å². The van der Waals surface area contributed by atoms with Crippen molar-refractivity contribution < 1.29 is 14.3 Å². The van der Waals surface area contributed by atoms with Crippen molar-refractivity contribution in [1.82, 2.24) is 4.90 Å². The minimum atomic E-state index is -0.412. The molecular weight excluding hydrogens is 232 g/mol. The highest BCUT2D eigenvalue weighted by molar-refractivity contribution is 5.90. The van der Waals surface area contributed by atoms with Crippen molar-refractivity contribution in [3.8, 4) is 0 Å². The van der Waals surface area contributed by atoms with Crippen LogP contribution in [0.1, 0.15) is 11.5 Å². The van der Waals surface area contributed by atoms with Gasteiger partial charge in [0, 0.05) is 19.3 Å². The van der Waals surface area contributed by atoms with Gasteiger partial charge in [-0.3, -0.25) is 9.59 Å². The molecule has 1 heterocycles. The summed E-state index contributed by atoms with van der Waals surface area (Å²) in [5, 5.41) is 3.19. The average molecular weight is 248 g/mol. The lowest BCUT2D eigenvalue weighted by atomic mass is 10.00. The average Bonchev–Trinajstić information content (AvgIpc) is 2.81. The summed E-state index contributed by atoms with van der Waals surface area (Å²) >= 11 is 0. The van der Waals surface area contributed by atoms with E-state index in [0.29, 0.717) is 6.54 Å². The fourth-order valence-corrected chi connectivity index (χ4v) is 2.11. The molecule has 1 amide bonds. The van der Waals surface area contributed by atoms with Crippen molar-refractivity contribution in [2.24, 2.45) is 0 Å². The second-order valence-electron chi connectivity index (χ2n) is 4.29. The van der Waals surface area contributed by atoms with Crippen LogP contribution in [0.3, 0.4) is 0 Å². The number of anilines is 1. The number of hydrogen-bond acceptors (Lipinski definition) is 4. The quantitative estimate of drug-likeness (QED) is 0.805. The lowest BCUT2D eigenvalue weighted by Gasteiger charge is -2.19. The van der Waals surface area contributed by atoms with Crippen molar-refractivity contribution in [2.75, 3.05) is 32.6 Å². The summed E-state index contributed by atoms with van der Waals surface area (Å²) in [5.41, 5.74) is 1.97. The number of hydrogen-bond donors (Lipinski definition) is 1. The van der Waals surface area contributed by atoms with Gasteiger partial charge >= 0.3 is 5.97 Å². The zero-order chi connectivity index (χ0) is 13.1. The number of rotatable bonds is 3. The maximum atomic E-state index is 12.2. The highest BCUT2D eigenvalue weighted by atomic mass is 16.5. The van der Waals surface area contributed by atoms with Gasteiger partial charge in [0.25, 0.3) is 0 Å². The van der Waals surface area contributed by atoms with E-state index >= 15 is 0 Å². The van der Waals surface area contributed by atoms with Gasteiger partial charge < -0.3 is 15.0 Å². The lowest BCUT2D eigenvalue weighted by Crippen LogP contribution is -2.36. The second-order valence-corrected chi connectivity index (χ2v) is 4.29. The van der Waals surface area contributed by atoms with Gasteiger partial charge in [0.05, 0.1) is 13.0 Å². The third-order valence-corrected chi connectivity index (χ3v) is 3.10. The van der Waals surface area contributed by atoms with Crippen molar-refractivity contribution in [1.29, 1.82) is 0 Å². The van der Waals surface area contributed by atoms with Crippen LogP contribution < -0.4 is 5.32 Å². The molecule has 0 aliphatic carbocycles. The van der Waals surface area contributed by atoms with Crippen LogP contribution in [0.15, 0.2) is 24.3 Å². The number of carbonyl (C=O) groups is 2. The molecule has 5 heteroatoms. The molecule has 1 atom stereocenters. The van der Waals surface area contributed by atoms with Gasteiger partial charge in [0.2, 0.25) is 5.91 Å². The summed E-state index contributed by atoms with van der Waals surface area (Å²) in [7, 11) is 2.92. The van der Waals surface area contributed by atoms with E-state index < -0.39 is 5.97 Å². The summed E-state index contributed by atoms with van der Waals surface area (Å²) < 4.78 is 4.55. The van der Waals surface area contributed by atoms with Gasteiger partial charge in [0.15, 0.2) is 0 Å². The molecule has 2 rings (SSSR count). The Morgan fingerprint density at radius 2 is 2.17 bits per heavy atom. The van der Waals surface area contributed by atoms with Crippen molar-refractivity contribution in [2.45, 2.75) is 5.92 Å². The number of likely N-dealkylation sites (N-methyl/N-ethyl adjacent to an activating group) is 1. The molecule has 0 saturated carbocycles. The Balaban J connectivity index is 2.09. The summed E-state index contributed by atoms with van der Waals surface area (Å²) in [4.78, 5) is 24.8. The SMILES string of the molecule is COC(=O)CN(C)C(=O)C1CNc2ccccc21. The topological polar surface area (TPSA) is 58.6 Å². The van der Waals surface area contributed by atoms with E-state index in [1.807, 2.05) is 24.3 Å². The molecule has 0 fully saturated rings. The number of fused-ring (bicyclic) bond motifs is 1. The predicted molar refractivity (Wildman–Crippen MR) is 67.3 cm³/mol. The fraction of sp³-hybridized carbons (Fsp3) is 0.385. The molecule has 96 valence electrons. The Morgan fingerprint density at radius 1 is 1.44 bits per heavy atom. The van der Waals surface area contributed by atoms with Gasteiger partial charge in [-0.05, 0) is 11.6 Å². The minimum absolute atomic E-state index is 0.0198.